The van der Waals surface area contributed by atoms with E-state index in [9.17, 15) is 0 Å². The Bertz CT molecular complexity index is 260. The molecule has 3 heteroatoms. The average Bonchev–Trinajstić information content (AvgIpc) is 2.11. The lowest BCUT2D eigenvalue weighted by molar-refractivity contribution is 0.326. The lowest BCUT2D eigenvalue weighted by Crippen LogP contribution is -2.10. The third-order valence-electron chi connectivity index (χ3n) is 1.47. The van der Waals surface area contributed by atoms with Gasteiger partial charge in [0.15, 0.2) is 5.76 Å². The van der Waals surface area contributed by atoms with E-state index in [1.54, 1.807) is 0 Å². The molecule has 0 radical (unpaired) electrons. The van der Waals surface area contributed by atoms with Crippen LogP contribution in [-0.4, -0.2) is 5.16 Å². The van der Waals surface area contributed by atoms with Gasteiger partial charge in [-0.05, 0) is 22.9 Å². The standard InChI is InChI=1S/C8H12BrNO/c1-5-6(9)7(11-10-5)8(2,3)4/h1-4H3. The summed E-state index contributed by atoms with van der Waals surface area (Å²) in [5, 5.41) is 3.86. The Hall–Kier alpha value is -0.310. The third-order valence-corrected chi connectivity index (χ3v) is 2.41. The number of aryl methyl sites for hydroxylation is 1. The molecule has 0 amide bonds. The van der Waals surface area contributed by atoms with Crippen molar-refractivity contribution in [3.63, 3.8) is 0 Å². The minimum Gasteiger partial charge on any atom is -0.359 e. The average molecular weight is 218 g/mol. The Morgan fingerprint density at radius 2 is 1.91 bits per heavy atom. The van der Waals surface area contributed by atoms with Crippen molar-refractivity contribution in [2.45, 2.75) is 33.1 Å². The van der Waals surface area contributed by atoms with Crippen molar-refractivity contribution >= 4 is 15.9 Å². The summed E-state index contributed by atoms with van der Waals surface area (Å²) in [7, 11) is 0. The van der Waals surface area contributed by atoms with Gasteiger partial charge in [-0.1, -0.05) is 25.9 Å². The van der Waals surface area contributed by atoms with Crippen molar-refractivity contribution in [2.24, 2.45) is 0 Å². The first-order valence-corrected chi connectivity index (χ1v) is 4.34. The van der Waals surface area contributed by atoms with Crippen LogP contribution in [0.1, 0.15) is 32.2 Å². The summed E-state index contributed by atoms with van der Waals surface area (Å²) in [6.45, 7) is 8.20. The number of hydrogen-bond acceptors (Lipinski definition) is 2. The molecule has 1 heterocycles. The first-order valence-electron chi connectivity index (χ1n) is 3.55. The van der Waals surface area contributed by atoms with Crippen LogP contribution in [0.4, 0.5) is 0 Å². The number of nitrogens with zero attached hydrogens (tertiary/aromatic N) is 1. The molecular formula is C8H12BrNO. The highest BCUT2D eigenvalue weighted by Crippen LogP contribution is 2.31. The zero-order valence-corrected chi connectivity index (χ0v) is 8.82. The van der Waals surface area contributed by atoms with Crippen molar-refractivity contribution < 1.29 is 4.52 Å². The molecule has 62 valence electrons. The molecule has 0 aromatic carbocycles. The van der Waals surface area contributed by atoms with Crippen molar-refractivity contribution in [1.82, 2.24) is 5.16 Å². The molecule has 0 aliphatic rings. The van der Waals surface area contributed by atoms with Gasteiger partial charge in [0.2, 0.25) is 0 Å². The third kappa shape index (κ3) is 1.64. The fourth-order valence-corrected chi connectivity index (χ4v) is 1.56. The van der Waals surface area contributed by atoms with Gasteiger partial charge in [0.25, 0.3) is 0 Å². The molecule has 1 aromatic rings. The first-order chi connectivity index (χ1) is 4.93. The van der Waals surface area contributed by atoms with E-state index in [-0.39, 0.29) is 5.41 Å². The molecule has 0 aliphatic carbocycles. The molecule has 0 saturated carbocycles. The van der Waals surface area contributed by atoms with Crippen LogP contribution in [0, 0.1) is 6.92 Å². The van der Waals surface area contributed by atoms with Gasteiger partial charge in [-0.25, -0.2) is 0 Å². The van der Waals surface area contributed by atoms with Crippen LogP contribution < -0.4 is 0 Å². The van der Waals surface area contributed by atoms with Crippen LogP contribution in [0.15, 0.2) is 9.00 Å². The molecular weight excluding hydrogens is 206 g/mol. The molecule has 2 nitrogen and oxygen atoms in total. The molecule has 11 heavy (non-hydrogen) atoms. The summed E-state index contributed by atoms with van der Waals surface area (Å²) in [6, 6.07) is 0. The molecule has 0 fully saturated rings. The van der Waals surface area contributed by atoms with Crippen LogP contribution in [-0.2, 0) is 5.41 Å². The molecule has 1 aromatic heterocycles. The molecule has 0 N–H and O–H groups in total. The minimum absolute atomic E-state index is 0.0279. The molecule has 0 unspecified atom stereocenters. The van der Waals surface area contributed by atoms with E-state index in [2.05, 4.69) is 41.9 Å². The highest BCUT2D eigenvalue weighted by molar-refractivity contribution is 9.10. The van der Waals surface area contributed by atoms with Gasteiger partial charge < -0.3 is 4.52 Å². The van der Waals surface area contributed by atoms with E-state index in [0.29, 0.717) is 0 Å². The van der Waals surface area contributed by atoms with Crippen LogP contribution in [0.25, 0.3) is 0 Å². The van der Waals surface area contributed by atoms with Crippen LogP contribution in [0.3, 0.4) is 0 Å². The number of aromatic nitrogens is 1. The van der Waals surface area contributed by atoms with Gasteiger partial charge in [-0.2, -0.15) is 0 Å². The van der Waals surface area contributed by atoms with Crippen LogP contribution in [0.5, 0.6) is 0 Å². The Morgan fingerprint density at radius 1 is 1.36 bits per heavy atom. The van der Waals surface area contributed by atoms with Crippen LogP contribution in [0.2, 0.25) is 0 Å². The zero-order valence-electron chi connectivity index (χ0n) is 7.23. The van der Waals surface area contributed by atoms with Crippen molar-refractivity contribution in [3.8, 4) is 0 Å². The van der Waals surface area contributed by atoms with Gasteiger partial charge in [-0.3, -0.25) is 0 Å². The van der Waals surface area contributed by atoms with Gasteiger partial charge >= 0.3 is 0 Å². The summed E-state index contributed by atoms with van der Waals surface area (Å²) in [5.41, 5.74) is 0.940. The maximum atomic E-state index is 5.16. The Morgan fingerprint density at radius 3 is 2.09 bits per heavy atom. The van der Waals surface area contributed by atoms with E-state index in [1.807, 2.05) is 6.92 Å². The second kappa shape index (κ2) is 2.63. The Labute approximate surface area is 75.1 Å². The SMILES string of the molecule is Cc1noc(C(C)(C)C)c1Br. The summed E-state index contributed by atoms with van der Waals surface area (Å²) < 4.78 is 6.15. The monoisotopic (exact) mass is 217 g/mol. The maximum Gasteiger partial charge on any atom is 0.156 e. The number of halogens is 1. The summed E-state index contributed by atoms with van der Waals surface area (Å²) in [4.78, 5) is 0. The predicted molar refractivity (Wildman–Crippen MR) is 47.6 cm³/mol. The van der Waals surface area contributed by atoms with Crippen molar-refractivity contribution in [3.05, 3.63) is 15.9 Å². The molecule has 0 atom stereocenters. The second-order valence-electron chi connectivity index (χ2n) is 3.66. The second-order valence-corrected chi connectivity index (χ2v) is 4.45. The quantitative estimate of drug-likeness (QED) is 0.668. The number of hydrogen-bond donors (Lipinski definition) is 0. The largest absolute Gasteiger partial charge is 0.359 e. The van der Waals surface area contributed by atoms with E-state index in [1.165, 1.54) is 0 Å². The van der Waals surface area contributed by atoms with Gasteiger partial charge in [-0.15, -0.1) is 0 Å². The Balaban J connectivity index is 3.15. The first kappa shape index (κ1) is 8.78. The van der Waals surface area contributed by atoms with E-state index < -0.39 is 0 Å². The van der Waals surface area contributed by atoms with Gasteiger partial charge in [0.05, 0.1) is 10.2 Å². The summed E-state index contributed by atoms with van der Waals surface area (Å²) in [6.07, 6.45) is 0. The highest BCUT2D eigenvalue weighted by atomic mass is 79.9. The Kier molecular flexibility index (Phi) is 2.10. The van der Waals surface area contributed by atoms with Crippen molar-refractivity contribution in [2.75, 3.05) is 0 Å². The van der Waals surface area contributed by atoms with E-state index >= 15 is 0 Å². The lowest BCUT2D eigenvalue weighted by Gasteiger charge is -2.13. The summed E-state index contributed by atoms with van der Waals surface area (Å²) in [5.74, 6) is 0.912. The molecule has 0 spiro atoms. The lowest BCUT2D eigenvalue weighted by atomic mass is 9.93. The molecule has 0 aliphatic heterocycles. The van der Waals surface area contributed by atoms with Gasteiger partial charge in [0, 0.05) is 5.41 Å². The zero-order chi connectivity index (χ0) is 8.65. The minimum atomic E-state index is 0.0279. The van der Waals surface area contributed by atoms with E-state index in [4.69, 9.17) is 4.52 Å². The molecule has 0 saturated heterocycles. The predicted octanol–water partition coefficient (Wildman–Crippen LogP) is 3.04. The highest BCUT2D eigenvalue weighted by Gasteiger charge is 2.23. The van der Waals surface area contributed by atoms with Gasteiger partial charge in [0.1, 0.15) is 0 Å². The fourth-order valence-electron chi connectivity index (χ4n) is 0.825. The van der Waals surface area contributed by atoms with E-state index in [0.717, 1.165) is 15.9 Å². The smallest absolute Gasteiger partial charge is 0.156 e. The summed E-state index contributed by atoms with van der Waals surface area (Å²) >= 11 is 3.43. The normalized spacial score (nSPS) is 12.1. The molecule has 1 rings (SSSR count). The van der Waals surface area contributed by atoms with Crippen molar-refractivity contribution in [1.29, 1.82) is 0 Å². The topological polar surface area (TPSA) is 26.0 Å². The maximum absolute atomic E-state index is 5.16. The fraction of sp³-hybridized carbons (Fsp3) is 0.625. The molecule has 0 bridgehead atoms. The number of rotatable bonds is 0. The van der Waals surface area contributed by atoms with Crippen LogP contribution >= 0.6 is 15.9 Å².